The molecule has 0 spiro atoms. The molecular weight excluding hydrogens is 236 g/mol. The summed E-state index contributed by atoms with van der Waals surface area (Å²) in [5.41, 5.74) is 0.954. The molecule has 0 aromatic heterocycles. The van der Waals surface area contributed by atoms with Crippen molar-refractivity contribution in [3.8, 4) is 0 Å². The topological polar surface area (TPSA) is 40.5 Å². The first-order valence-corrected chi connectivity index (χ1v) is 6.56. The maximum Gasteiger partial charge on any atom is 0.0842 e. The van der Waals surface area contributed by atoms with E-state index in [-0.39, 0.29) is 5.92 Å². The van der Waals surface area contributed by atoms with Crippen molar-refractivity contribution in [1.29, 1.82) is 0 Å². The lowest BCUT2D eigenvalue weighted by molar-refractivity contribution is -0.0187. The van der Waals surface area contributed by atoms with E-state index < -0.39 is 12.2 Å². The van der Waals surface area contributed by atoms with Gasteiger partial charge in [0.2, 0.25) is 0 Å². The molecule has 0 amide bonds. The van der Waals surface area contributed by atoms with Gasteiger partial charge in [0, 0.05) is 11.4 Å². The molecule has 1 aromatic carbocycles. The van der Waals surface area contributed by atoms with Crippen LogP contribution in [0.15, 0.2) is 24.3 Å². The molecule has 17 heavy (non-hydrogen) atoms. The van der Waals surface area contributed by atoms with Crippen LogP contribution in [-0.4, -0.2) is 22.4 Å². The standard InChI is InChI=1S/C14H21ClO2/c1-3-11(4-2)14(17)13(16)9-10-6-5-7-12(15)8-10/h5-8,11,13-14,16-17H,3-4,9H2,1-2H3. The van der Waals surface area contributed by atoms with E-state index in [1.165, 1.54) is 0 Å². The molecule has 3 heteroatoms. The Labute approximate surface area is 108 Å². The molecule has 0 aliphatic heterocycles. The molecule has 0 saturated heterocycles. The molecule has 0 bridgehead atoms. The summed E-state index contributed by atoms with van der Waals surface area (Å²) in [6, 6.07) is 7.39. The van der Waals surface area contributed by atoms with Crippen LogP contribution in [0.3, 0.4) is 0 Å². The predicted octanol–water partition coefficient (Wildman–Crippen LogP) is 3.04. The van der Waals surface area contributed by atoms with Gasteiger partial charge >= 0.3 is 0 Å². The lowest BCUT2D eigenvalue weighted by atomic mass is 9.90. The fraction of sp³-hybridized carbons (Fsp3) is 0.571. The summed E-state index contributed by atoms with van der Waals surface area (Å²) in [6.45, 7) is 4.06. The minimum Gasteiger partial charge on any atom is -0.390 e. The van der Waals surface area contributed by atoms with E-state index in [1.807, 2.05) is 32.0 Å². The average Bonchev–Trinajstić information content (AvgIpc) is 2.30. The largest absolute Gasteiger partial charge is 0.390 e. The van der Waals surface area contributed by atoms with E-state index in [0.717, 1.165) is 18.4 Å². The fourth-order valence-electron chi connectivity index (χ4n) is 2.11. The smallest absolute Gasteiger partial charge is 0.0842 e. The Kier molecular flexibility index (Phi) is 5.96. The van der Waals surface area contributed by atoms with Gasteiger partial charge in [-0.25, -0.2) is 0 Å². The second kappa shape index (κ2) is 7.00. The lowest BCUT2D eigenvalue weighted by Gasteiger charge is -2.25. The van der Waals surface area contributed by atoms with Crippen LogP contribution in [0.2, 0.25) is 5.02 Å². The van der Waals surface area contributed by atoms with Crippen molar-refractivity contribution in [2.75, 3.05) is 0 Å². The molecule has 2 unspecified atom stereocenters. The van der Waals surface area contributed by atoms with Gasteiger partial charge in [0.15, 0.2) is 0 Å². The van der Waals surface area contributed by atoms with Crippen LogP contribution in [0.25, 0.3) is 0 Å². The summed E-state index contributed by atoms with van der Waals surface area (Å²) >= 11 is 5.88. The summed E-state index contributed by atoms with van der Waals surface area (Å²) in [5, 5.41) is 20.7. The normalized spacial score (nSPS) is 14.9. The minimum atomic E-state index is -0.724. The number of benzene rings is 1. The first-order chi connectivity index (χ1) is 8.08. The second-order valence-corrected chi connectivity index (χ2v) is 4.90. The molecule has 1 rings (SSSR count). The summed E-state index contributed by atoms with van der Waals surface area (Å²) in [7, 11) is 0. The molecule has 2 N–H and O–H groups in total. The summed E-state index contributed by atoms with van der Waals surface area (Å²) in [5.74, 6) is 0.157. The SMILES string of the molecule is CCC(CC)C(O)C(O)Cc1cccc(Cl)c1. The highest BCUT2D eigenvalue weighted by Crippen LogP contribution is 2.19. The zero-order chi connectivity index (χ0) is 12.8. The molecule has 0 heterocycles. The Hall–Kier alpha value is -0.570. The Morgan fingerprint density at radius 2 is 1.82 bits per heavy atom. The van der Waals surface area contributed by atoms with Crippen molar-refractivity contribution in [1.82, 2.24) is 0 Å². The molecule has 0 aliphatic rings. The summed E-state index contributed by atoms with van der Waals surface area (Å²) in [6.07, 6.45) is 0.814. The quantitative estimate of drug-likeness (QED) is 0.821. The van der Waals surface area contributed by atoms with E-state index in [9.17, 15) is 10.2 Å². The number of halogens is 1. The van der Waals surface area contributed by atoms with Gasteiger partial charge in [-0.1, -0.05) is 50.4 Å². The van der Waals surface area contributed by atoms with Gasteiger partial charge in [-0.2, -0.15) is 0 Å². The van der Waals surface area contributed by atoms with Crippen LogP contribution in [-0.2, 0) is 6.42 Å². The summed E-state index contributed by atoms with van der Waals surface area (Å²) in [4.78, 5) is 0. The van der Waals surface area contributed by atoms with Gasteiger partial charge in [0.1, 0.15) is 0 Å². The molecule has 96 valence electrons. The third-order valence-corrected chi connectivity index (χ3v) is 3.49. The van der Waals surface area contributed by atoms with Crippen molar-refractivity contribution in [3.05, 3.63) is 34.9 Å². The highest BCUT2D eigenvalue weighted by atomic mass is 35.5. The number of hydrogen-bond acceptors (Lipinski definition) is 2. The van der Waals surface area contributed by atoms with Crippen molar-refractivity contribution >= 4 is 11.6 Å². The van der Waals surface area contributed by atoms with Gasteiger partial charge in [-0.15, -0.1) is 0 Å². The van der Waals surface area contributed by atoms with Crippen LogP contribution in [0.4, 0.5) is 0 Å². The van der Waals surface area contributed by atoms with Gasteiger partial charge < -0.3 is 10.2 Å². The molecule has 1 aromatic rings. The maximum absolute atomic E-state index is 10.0. The van der Waals surface area contributed by atoms with Gasteiger partial charge in [-0.3, -0.25) is 0 Å². The van der Waals surface area contributed by atoms with Crippen LogP contribution in [0.1, 0.15) is 32.3 Å². The first kappa shape index (κ1) is 14.5. The summed E-state index contributed by atoms with van der Waals surface area (Å²) < 4.78 is 0. The Morgan fingerprint density at radius 3 is 2.35 bits per heavy atom. The zero-order valence-corrected chi connectivity index (χ0v) is 11.2. The molecule has 2 atom stereocenters. The van der Waals surface area contributed by atoms with Crippen molar-refractivity contribution in [3.63, 3.8) is 0 Å². The van der Waals surface area contributed by atoms with Crippen LogP contribution in [0, 0.1) is 5.92 Å². The zero-order valence-electron chi connectivity index (χ0n) is 10.4. The van der Waals surface area contributed by atoms with Gasteiger partial charge in [0.05, 0.1) is 12.2 Å². The van der Waals surface area contributed by atoms with Crippen molar-refractivity contribution in [2.45, 2.75) is 45.3 Å². The van der Waals surface area contributed by atoms with E-state index in [2.05, 4.69) is 0 Å². The molecular formula is C14H21ClO2. The fourth-order valence-corrected chi connectivity index (χ4v) is 2.32. The molecule has 0 aliphatic carbocycles. The van der Waals surface area contributed by atoms with Gasteiger partial charge in [0.25, 0.3) is 0 Å². The Morgan fingerprint density at radius 1 is 1.18 bits per heavy atom. The van der Waals surface area contributed by atoms with Crippen LogP contribution in [0.5, 0.6) is 0 Å². The van der Waals surface area contributed by atoms with Crippen molar-refractivity contribution < 1.29 is 10.2 Å². The number of aliphatic hydroxyl groups excluding tert-OH is 2. The number of hydrogen-bond donors (Lipinski definition) is 2. The molecule has 0 radical (unpaired) electrons. The lowest BCUT2D eigenvalue weighted by Crippen LogP contribution is -2.34. The van der Waals surface area contributed by atoms with Gasteiger partial charge in [-0.05, 0) is 23.6 Å². The highest BCUT2D eigenvalue weighted by Gasteiger charge is 2.23. The second-order valence-electron chi connectivity index (χ2n) is 4.47. The minimum absolute atomic E-state index is 0.157. The molecule has 0 fully saturated rings. The van der Waals surface area contributed by atoms with E-state index in [4.69, 9.17) is 11.6 Å². The first-order valence-electron chi connectivity index (χ1n) is 6.19. The number of aliphatic hydroxyl groups is 2. The van der Waals surface area contributed by atoms with E-state index in [0.29, 0.717) is 11.4 Å². The Bertz CT molecular complexity index is 337. The highest BCUT2D eigenvalue weighted by molar-refractivity contribution is 6.30. The Balaban J connectivity index is 2.62. The van der Waals surface area contributed by atoms with Crippen LogP contribution < -0.4 is 0 Å². The number of rotatable bonds is 6. The van der Waals surface area contributed by atoms with Crippen molar-refractivity contribution in [2.24, 2.45) is 5.92 Å². The average molecular weight is 257 g/mol. The molecule has 2 nitrogen and oxygen atoms in total. The predicted molar refractivity (Wildman–Crippen MR) is 71.2 cm³/mol. The van der Waals surface area contributed by atoms with E-state index >= 15 is 0 Å². The third kappa shape index (κ3) is 4.30. The third-order valence-electron chi connectivity index (χ3n) is 3.26. The maximum atomic E-state index is 10.0. The van der Waals surface area contributed by atoms with E-state index in [1.54, 1.807) is 6.07 Å². The monoisotopic (exact) mass is 256 g/mol. The molecule has 0 saturated carbocycles. The van der Waals surface area contributed by atoms with Crippen LogP contribution >= 0.6 is 11.6 Å².